The van der Waals surface area contributed by atoms with Crippen LogP contribution in [0, 0.1) is 6.92 Å². The topological polar surface area (TPSA) is 71.5 Å². The number of aryl methyl sites for hydroxylation is 1. The second-order valence-electron chi connectivity index (χ2n) is 8.82. The molecule has 1 aromatic heterocycles. The van der Waals surface area contributed by atoms with E-state index in [0.717, 1.165) is 45.8 Å². The van der Waals surface area contributed by atoms with Gasteiger partial charge in [0.1, 0.15) is 5.75 Å². The summed E-state index contributed by atoms with van der Waals surface area (Å²) in [6.45, 7) is 2.63. The molecule has 180 valence electrons. The summed E-state index contributed by atoms with van der Waals surface area (Å²) in [4.78, 5) is 32.3. The Kier molecular flexibility index (Phi) is 6.50. The van der Waals surface area contributed by atoms with Crippen molar-refractivity contribution in [1.29, 1.82) is 0 Å². The van der Waals surface area contributed by atoms with E-state index in [1.807, 2.05) is 85.8 Å². The monoisotopic (exact) mass is 477 g/mol. The number of benzene rings is 3. The predicted molar refractivity (Wildman–Crippen MR) is 142 cm³/mol. The molecule has 0 radical (unpaired) electrons. The Morgan fingerprint density at radius 2 is 1.83 bits per heavy atom. The van der Waals surface area contributed by atoms with Gasteiger partial charge in [0.15, 0.2) is 0 Å². The van der Waals surface area contributed by atoms with Crippen molar-refractivity contribution in [2.45, 2.75) is 19.8 Å². The molecule has 0 fully saturated rings. The summed E-state index contributed by atoms with van der Waals surface area (Å²) in [5.41, 5.74) is 6.87. The van der Waals surface area contributed by atoms with Gasteiger partial charge >= 0.3 is 0 Å². The van der Waals surface area contributed by atoms with E-state index in [9.17, 15) is 9.59 Å². The van der Waals surface area contributed by atoms with Gasteiger partial charge in [-0.1, -0.05) is 30.3 Å². The summed E-state index contributed by atoms with van der Waals surface area (Å²) >= 11 is 0. The molecule has 6 heteroatoms. The number of anilines is 2. The van der Waals surface area contributed by atoms with E-state index in [0.29, 0.717) is 17.8 Å². The summed E-state index contributed by atoms with van der Waals surface area (Å²) in [5.74, 6) is 0.614. The molecule has 1 N–H and O–H groups in total. The highest BCUT2D eigenvalue weighted by atomic mass is 16.5. The Morgan fingerprint density at radius 3 is 2.58 bits per heavy atom. The van der Waals surface area contributed by atoms with Crippen LogP contribution >= 0.6 is 0 Å². The predicted octanol–water partition coefficient (Wildman–Crippen LogP) is 5.45. The maximum Gasteiger partial charge on any atom is 0.256 e. The quantitative estimate of drug-likeness (QED) is 0.401. The second-order valence-corrected chi connectivity index (χ2v) is 8.82. The van der Waals surface area contributed by atoms with Crippen LogP contribution in [0.3, 0.4) is 0 Å². The number of methoxy groups -OCH3 is 1. The lowest BCUT2D eigenvalue weighted by Gasteiger charge is -2.18. The number of carbonyl (C=O) groups excluding carboxylic acids is 2. The third kappa shape index (κ3) is 4.70. The van der Waals surface area contributed by atoms with E-state index in [-0.39, 0.29) is 18.2 Å². The Morgan fingerprint density at radius 1 is 1.00 bits per heavy atom. The molecule has 0 spiro atoms. The molecule has 1 aliphatic heterocycles. The lowest BCUT2D eigenvalue weighted by atomic mass is 9.94. The smallest absolute Gasteiger partial charge is 0.256 e. The second kappa shape index (κ2) is 10.0. The molecule has 6 nitrogen and oxygen atoms in total. The van der Waals surface area contributed by atoms with Crippen LogP contribution in [0.25, 0.3) is 11.1 Å². The molecular formula is C30H27N3O3. The van der Waals surface area contributed by atoms with Gasteiger partial charge in [-0.2, -0.15) is 0 Å². The molecule has 3 aromatic carbocycles. The molecule has 0 saturated carbocycles. The van der Waals surface area contributed by atoms with Gasteiger partial charge in [-0.15, -0.1) is 0 Å². The van der Waals surface area contributed by atoms with Crippen molar-refractivity contribution in [2.24, 2.45) is 0 Å². The average Bonchev–Trinajstić information content (AvgIpc) is 3.33. The van der Waals surface area contributed by atoms with Crippen LogP contribution in [0.1, 0.15) is 27.2 Å². The number of hydrogen-bond acceptors (Lipinski definition) is 4. The molecule has 2 amide bonds. The third-order valence-electron chi connectivity index (χ3n) is 6.49. The van der Waals surface area contributed by atoms with Crippen molar-refractivity contribution < 1.29 is 14.3 Å². The van der Waals surface area contributed by atoms with Crippen LogP contribution < -0.4 is 15.0 Å². The van der Waals surface area contributed by atoms with Gasteiger partial charge < -0.3 is 15.0 Å². The minimum atomic E-state index is -0.175. The SMILES string of the molecule is COc1ccc(-c2c(C)cccc2C(=O)Nc2ccc3c(c2)CCN3C(=O)Cc2ccccn2)cc1. The van der Waals surface area contributed by atoms with Crippen LogP contribution in [-0.4, -0.2) is 30.5 Å². The molecule has 0 bridgehead atoms. The first kappa shape index (κ1) is 23.3. The van der Waals surface area contributed by atoms with Gasteiger partial charge in [-0.3, -0.25) is 14.6 Å². The van der Waals surface area contributed by atoms with Gasteiger partial charge in [-0.25, -0.2) is 0 Å². The number of nitrogens with one attached hydrogen (secondary N) is 1. The highest BCUT2D eigenvalue weighted by Gasteiger charge is 2.25. The lowest BCUT2D eigenvalue weighted by molar-refractivity contribution is -0.117. The molecule has 0 saturated heterocycles. The molecule has 36 heavy (non-hydrogen) atoms. The molecule has 5 rings (SSSR count). The molecule has 0 atom stereocenters. The van der Waals surface area contributed by atoms with Crippen LogP contribution in [0.15, 0.2) is 85.1 Å². The van der Waals surface area contributed by atoms with Gasteiger partial charge in [-0.05, 0) is 84.1 Å². The maximum absolute atomic E-state index is 13.4. The normalized spacial score (nSPS) is 12.2. The van der Waals surface area contributed by atoms with Crippen molar-refractivity contribution >= 4 is 23.2 Å². The number of rotatable bonds is 6. The fourth-order valence-corrected chi connectivity index (χ4v) is 4.69. The standard InChI is InChI=1S/C30H27N3O3/c1-20-6-5-8-26(29(20)21-9-12-25(36-2)13-10-21)30(35)32-24-11-14-27-22(18-24)15-17-33(27)28(34)19-23-7-3-4-16-31-23/h3-14,16,18H,15,17,19H2,1-2H3,(H,32,35). The number of amides is 2. The fraction of sp³-hybridized carbons (Fsp3) is 0.167. The van der Waals surface area contributed by atoms with Crippen molar-refractivity contribution in [1.82, 2.24) is 4.98 Å². The van der Waals surface area contributed by atoms with E-state index in [2.05, 4.69) is 10.3 Å². The van der Waals surface area contributed by atoms with Gasteiger partial charge in [0.05, 0.1) is 13.5 Å². The zero-order valence-corrected chi connectivity index (χ0v) is 20.3. The van der Waals surface area contributed by atoms with Crippen molar-refractivity contribution in [3.05, 3.63) is 107 Å². The first-order chi connectivity index (χ1) is 17.5. The van der Waals surface area contributed by atoms with Gasteiger partial charge in [0.25, 0.3) is 5.91 Å². The minimum absolute atomic E-state index is 0.0214. The first-order valence-corrected chi connectivity index (χ1v) is 11.9. The number of pyridine rings is 1. The zero-order valence-electron chi connectivity index (χ0n) is 20.3. The van der Waals surface area contributed by atoms with E-state index in [4.69, 9.17) is 4.74 Å². The highest BCUT2D eigenvalue weighted by molar-refractivity contribution is 6.09. The summed E-state index contributed by atoms with van der Waals surface area (Å²) in [5, 5.41) is 3.05. The number of ether oxygens (including phenoxy) is 1. The third-order valence-corrected chi connectivity index (χ3v) is 6.49. The highest BCUT2D eigenvalue weighted by Crippen LogP contribution is 2.33. The van der Waals surface area contributed by atoms with E-state index in [1.165, 1.54) is 0 Å². The Balaban J connectivity index is 1.35. The van der Waals surface area contributed by atoms with Gasteiger partial charge in [0, 0.05) is 35.4 Å². The van der Waals surface area contributed by atoms with Gasteiger partial charge in [0.2, 0.25) is 5.91 Å². The van der Waals surface area contributed by atoms with Crippen molar-refractivity contribution in [3.63, 3.8) is 0 Å². The number of carbonyl (C=O) groups is 2. The Labute approximate surface area is 210 Å². The number of aromatic nitrogens is 1. The zero-order chi connectivity index (χ0) is 25.1. The van der Waals surface area contributed by atoms with Crippen LogP contribution in [0.4, 0.5) is 11.4 Å². The summed E-state index contributed by atoms with van der Waals surface area (Å²) in [7, 11) is 1.63. The summed E-state index contributed by atoms with van der Waals surface area (Å²) < 4.78 is 5.27. The van der Waals surface area contributed by atoms with Crippen molar-refractivity contribution in [3.8, 4) is 16.9 Å². The van der Waals surface area contributed by atoms with Crippen LogP contribution in [-0.2, 0) is 17.6 Å². The average molecular weight is 478 g/mol. The Bertz CT molecular complexity index is 1420. The van der Waals surface area contributed by atoms with E-state index >= 15 is 0 Å². The van der Waals surface area contributed by atoms with Crippen LogP contribution in [0.5, 0.6) is 5.75 Å². The summed E-state index contributed by atoms with van der Waals surface area (Å²) in [6, 6.07) is 24.8. The number of nitrogens with zero attached hydrogens (tertiary/aromatic N) is 2. The maximum atomic E-state index is 13.4. The van der Waals surface area contributed by atoms with E-state index in [1.54, 1.807) is 18.2 Å². The lowest BCUT2D eigenvalue weighted by Crippen LogP contribution is -2.30. The van der Waals surface area contributed by atoms with Crippen molar-refractivity contribution in [2.75, 3.05) is 23.9 Å². The largest absolute Gasteiger partial charge is 0.497 e. The molecular weight excluding hydrogens is 450 g/mol. The molecule has 1 aliphatic rings. The summed E-state index contributed by atoms with van der Waals surface area (Å²) in [6.07, 6.45) is 2.71. The van der Waals surface area contributed by atoms with E-state index < -0.39 is 0 Å². The number of hydrogen-bond donors (Lipinski definition) is 1. The number of fused-ring (bicyclic) bond motifs is 1. The minimum Gasteiger partial charge on any atom is -0.497 e. The Hall–Kier alpha value is -4.45. The fourth-order valence-electron chi connectivity index (χ4n) is 4.69. The van der Waals surface area contributed by atoms with Crippen LogP contribution in [0.2, 0.25) is 0 Å². The molecule has 2 heterocycles. The first-order valence-electron chi connectivity index (χ1n) is 11.9. The molecule has 4 aromatic rings. The molecule has 0 aliphatic carbocycles. The molecule has 0 unspecified atom stereocenters.